The molecule has 0 spiro atoms. The van der Waals surface area contributed by atoms with Crippen molar-refractivity contribution in [2.24, 2.45) is 0 Å². The van der Waals surface area contributed by atoms with Crippen molar-refractivity contribution in [1.29, 1.82) is 0 Å². The lowest BCUT2D eigenvalue weighted by Crippen LogP contribution is -2.31. The van der Waals surface area contributed by atoms with Gasteiger partial charge in [0.25, 0.3) is 0 Å². The zero-order valence-electron chi connectivity index (χ0n) is 20.0. The van der Waals surface area contributed by atoms with Crippen LogP contribution in [0.1, 0.15) is 25.0 Å². The van der Waals surface area contributed by atoms with E-state index in [4.69, 9.17) is 23.8 Å². The van der Waals surface area contributed by atoms with Gasteiger partial charge in [0, 0.05) is 12.1 Å². The Morgan fingerprint density at radius 3 is 2.63 bits per heavy atom. The molecule has 2 fully saturated rings. The zero-order valence-corrected chi connectivity index (χ0v) is 20.9. The topological polar surface area (TPSA) is 196 Å². The summed E-state index contributed by atoms with van der Waals surface area (Å²) < 4.78 is 37.3. The minimum atomic E-state index is -4.42. The summed E-state index contributed by atoms with van der Waals surface area (Å²) >= 11 is 0. The highest BCUT2D eigenvalue weighted by molar-refractivity contribution is 7.53. The van der Waals surface area contributed by atoms with Crippen molar-refractivity contribution in [3.63, 3.8) is 0 Å². The molecule has 202 valence electrons. The summed E-state index contributed by atoms with van der Waals surface area (Å²) in [5.41, 5.74) is 1.39. The van der Waals surface area contributed by atoms with Gasteiger partial charge in [-0.05, 0) is 6.92 Å². The van der Waals surface area contributed by atoms with E-state index in [-0.39, 0.29) is 5.82 Å². The second-order valence-electron chi connectivity index (χ2n) is 8.52. The number of aliphatic carboxylic acids is 1. The fraction of sp³-hybridized carbons (Fsp3) is 0.409. The molecule has 0 radical (unpaired) electrons. The number of imidazole rings is 1. The Kier molecular flexibility index (Phi) is 7.38. The van der Waals surface area contributed by atoms with Gasteiger partial charge in [-0.1, -0.05) is 30.3 Å². The van der Waals surface area contributed by atoms with E-state index in [1.807, 2.05) is 30.3 Å². The van der Waals surface area contributed by atoms with Gasteiger partial charge in [0.2, 0.25) is 0 Å². The van der Waals surface area contributed by atoms with Crippen LogP contribution >= 0.6 is 7.60 Å². The number of anilines is 1. The average Bonchev–Trinajstić information content (AvgIpc) is 3.57. The smallest absolute Gasteiger partial charge is 0.339 e. The van der Waals surface area contributed by atoms with E-state index in [1.54, 1.807) is 11.5 Å². The molecule has 4 N–H and O–H groups in total. The van der Waals surface area contributed by atoms with E-state index in [1.165, 1.54) is 12.7 Å². The van der Waals surface area contributed by atoms with E-state index in [0.29, 0.717) is 17.7 Å². The van der Waals surface area contributed by atoms with Crippen LogP contribution in [0.15, 0.2) is 43.0 Å². The highest BCUT2D eigenvalue weighted by Crippen LogP contribution is 2.47. The summed E-state index contributed by atoms with van der Waals surface area (Å²) in [5.74, 6) is -1.28. The summed E-state index contributed by atoms with van der Waals surface area (Å²) in [7, 11) is -4.42. The molecular weight excluding hydrogens is 523 g/mol. The number of nitrogens with zero attached hydrogens (tertiary/aromatic N) is 4. The SMILES string of the molecule is CCNC(=O)Nc1ncnc2c1ncn2[C@@H]1O[C@H](COP(=O)(O)CC(=O)O)C2O[C@H](c3ccccc3)O[C@@H]21. The van der Waals surface area contributed by atoms with Crippen molar-refractivity contribution in [3.8, 4) is 0 Å². The van der Waals surface area contributed by atoms with Crippen LogP contribution in [0.5, 0.6) is 0 Å². The van der Waals surface area contributed by atoms with Crippen LogP contribution in [-0.4, -0.2) is 79.1 Å². The first-order chi connectivity index (χ1) is 18.3. The first-order valence-corrected chi connectivity index (χ1v) is 13.4. The molecule has 4 heterocycles. The van der Waals surface area contributed by atoms with Crippen molar-refractivity contribution >= 4 is 36.6 Å². The third-order valence-corrected chi connectivity index (χ3v) is 7.12. The Bertz CT molecular complexity index is 1370. The number of fused-ring (bicyclic) bond motifs is 2. The molecule has 16 heteroatoms. The average molecular weight is 548 g/mol. The lowest BCUT2D eigenvalue weighted by atomic mass is 10.1. The van der Waals surface area contributed by atoms with Crippen LogP contribution in [0, 0.1) is 0 Å². The molecule has 2 amide bonds. The second-order valence-corrected chi connectivity index (χ2v) is 10.4. The molecule has 2 saturated heterocycles. The maximum atomic E-state index is 12.2. The summed E-state index contributed by atoms with van der Waals surface area (Å²) in [6.45, 7) is 1.78. The van der Waals surface area contributed by atoms with Gasteiger partial charge in [0.05, 0.1) is 12.9 Å². The molecule has 0 bridgehead atoms. The number of carbonyl (C=O) groups is 2. The maximum Gasteiger partial charge on any atom is 0.339 e. The fourth-order valence-corrected chi connectivity index (χ4v) is 5.12. The van der Waals surface area contributed by atoms with Crippen molar-refractivity contribution < 1.29 is 42.9 Å². The van der Waals surface area contributed by atoms with Gasteiger partial charge >= 0.3 is 19.6 Å². The first-order valence-electron chi connectivity index (χ1n) is 11.7. The van der Waals surface area contributed by atoms with Gasteiger partial charge in [-0.3, -0.25) is 19.2 Å². The lowest BCUT2D eigenvalue weighted by molar-refractivity contribution is -0.152. The Hall–Kier alpha value is -3.46. The summed E-state index contributed by atoms with van der Waals surface area (Å²) in [6, 6.07) is 8.74. The van der Waals surface area contributed by atoms with Crippen molar-refractivity contribution in [2.45, 2.75) is 37.8 Å². The van der Waals surface area contributed by atoms with Crippen molar-refractivity contribution in [3.05, 3.63) is 48.5 Å². The van der Waals surface area contributed by atoms with Crippen LogP contribution < -0.4 is 10.6 Å². The van der Waals surface area contributed by atoms with Crippen LogP contribution in [0.25, 0.3) is 11.2 Å². The van der Waals surface area contributed by atoms with Gasteiger partial charge in [0.1, 0.15) is 30.8 Å². The van der Waals surface area contributed by atoms with E-state index in [2.05, 4.69) is 25.6 Å². The highest BCUT2D eigenvalue weighted by atomic mass is 31.2. The molecule has 5 rings (SSSR count). The Morgan fingerprint density at radius 2 is 1.89 bits per heavy atom. The Morgan fingerprint density at radius 1 is 1.13 bits per heavy atom. The van der Waals surface area contributed by atoms with E-state index >= 15 is 0 Å². The zero-order chi connectivity index (χ0) is 26.9. The maximum absolute atomic E-state index is 12.2. The summed E-state index contributed by atoms with van der Waals surface area (Å²) in [4.78, 5) is 45.6. The molecule has 2 aromatic heterocycles. The molecular formula is C22H25N6O9P. The molecule has 0 saturated carbocycles. The molecule has 6 atom stereocenters. The number of carboxylic acid groups (broad SMARTS) is 1. The predicted molar refractivity (Wildman–Crippen MR) is 129 cm³/mol. The van der Waals surface area contributed by atoms with Crippen LogP contribution in [-0.2, 0) is 28.1 Å². The standard InChI is InChI=1S/C22H25N6O9P/c1-2-23-22(31)27-18-15-19(25-10-24-18)28(11-26-15)20-17-16(36-21(37-17)12-6-4-3-5-7-12)13(35-20)8-34-38(32,33)9-14(29)30/h3-7,10-11,13,16-17,20-21H,2,8-9H2,1H3,(H,29,30)(H,32,33)(H2,23,24,25,27,31)/t13-,16?,17+,20-,21+/m1/s1. The van der Waals surface area contributed by atoms with E-state index in [0.717, 1.165) is 5.56 Å². The molecule has 2 aliphatic rings. The number of aromatic nitrogens is 4. The Balaban J connectivity index is 1.43. The van der Waals surface area contributed by atoms with Crippen LogP contribution in [0.4, 0.5) is 10.6 Å². The van der Waals surface area contributed by atoms with Crippen molar-refractivity contribution in [2.75, 3.05) is 24.6 Å². The van der Waals surface area contributed by atoms with Gasteiger partial charge in [-0.15, -0.1) is 0 Å². The summed E-state index contributed by atoms with van der Waals surface area (Å²) in [5, 5.41) is 14.1. The number of carbonyl (C=O) groups excluding carboxylic acids is 1. The highest BCUT2D eigenvalue weighted by Gasteiger charge is 2.54. The normalized spacial score (nSPS) is 26.1. The van der Waals surface area contributed by atoms with Gasteiger partial charge in [0.15, 0.2) is 29.5 Å². The van der Waals surface area contributed by atoms with Gasteiger partial charge in [-0.25, -0.2) is 19.7 Å². The Labute approximate surface area is 215 Å². The van der Waals surface area contributed by atoms with Gasteiger partial charge < -0.3 is 34.1 Å². The fourth-order valence-electron chi connectivity index (χ4n) is 4.31. The molecule has 0 aliphatic carbocycles. The number of rotatable bonds is 9. The monoisotopic (exact) mass is 548 g/mol. The number of amides is 2. The number of urea groups is 1. The predicted octanol–water partition coefficient (Wildman–Crippen LogP) is 1.63. The minimum absolute atomic E-state index is 0.190. The largest absolute Gasteiger partial charge is 0.481 e. The second kappa shape index (κ2) is 10.7. The third kappa shape index (κ3) is 5.38. The molecule has 2 aliphatic heterocycles. The quantitative estimate of drug-likeness (QED) is 0.283. The third-order valence-electron chi connectivity index (χ3n) is 5.90. The number of hydrogen-bond donors (Lipinski definition) is 4. The first kappa shape index (κ1) is 26.2. The van der Waals surface area contributed by atoms with E-state index in [9.17, 15) is 19.0 Å². The van der Waals surface area contributed by atoms with Gasteiger partial charge in [-0.2, -0.15) is 0 Å². The molecule has 38 heavy (non-hydrogen) atoms. The number of carboxylic acids is 1. The number of benzene rings is 1. The number of nitrogens with one attached hydrogen (secondary N) is 2. The van der Waals surface area contributed by atoms with Crippen molar-refractivity contribution in [1.82, 2.24) is 24.8 Å². The number of hydrogen-bond acceptors (Lipinski definition) is 10. The van der Waals surface area contributed by atoms with E-state index < -0.39 is 63.2 Å². The molecule has 15 nitrogen and oxygen atoms in total. The van der Waals surface area contributed by atoms with Crippen LogP contribution in [0.3, 0.4) is 0 Å². The molecule has 1 aromatic carbocycles. The summed E-state index contributed by atoms with van der Waals surface area (Å²) in [6.07, 6.45) is -2.26. The molecule has 2 unspecified atom stereocenters. The molecule has 3 aromatic rings. The number of ether oxygens (including phenoxy) is 3. The lowest BCUT2D eigenvalue weighted by Gasteiger charge is -2.22. The minimum Gasteiger partial charge on any atom is -0.481 e. The van der Waals surface area contributed by atoms with Crippen LogP contribution in [0.2, 0.25) is 0 Å².